The Morgan fingerprint density at radius 1 is 0.920 bits per heavy atom. The molecule has 0 heterocycles. The fourth-order valence-corrected chi connectivity index (χ4v) is 1.84. The topological polar surface area (TPSA) is 84.5 Å². The number of carbonyl (C=O) groups is 3. The molecular weight excluding hydrogens is 334 g/mol. The zero-order chi connectivity index (χ0) is 18.2. The zero-order valence-electron chi connectivity index (χ0n) is 12.9. The number of rotatable bonds is 5. The van der Waals surface area contributed by atoms with Crippen LogP contribution in [-0.2, 0) is 20.7 Å². The highest BCUT2D eigenvalue weighted by atomic mass is 19.1. The summed E-state index contributed by atoms with van der Waals surface area (Å²) in [7, 11) is 0. The fraction of sp³-hybridized carbons (Fsp3) is 0.118. The molecule has 8 heteroatoms. The second-order valence-electron chi connectivity index (χ2n) is 4.95. The molecule has 2 amide bonds. The number of ether oxygens (including phenoxy) is 1. The number of hydrogen-bond donors (Lipinski definition) is 2. The van der Waals surface area contributed by atoms with E-state index in [2.05, 4.69) is 0 Å². The van der Waals surface area contributed by atoms with Crippen LogP contribution in [-0.4, -0.2) is 24.4 Å². The third-order valence-electron chi connectivity index (χ3n) is 3.06. The summed E-state index contributed by atoms with van der Waals surface area (Å²) in [4.78, 5) is 34.8. The van der Waals surface area contributed by atoms with Gasteiger partial charge in [0.1, 0.15) is 11.6 Å². The van der Waals surface area contributed by atoms with E-state index in [1.54, 1.807) is 0 Å². The van der Waals surface area contributed by atoms with E-state index in [1.165, 1.54) is 42.5 Å². The van der Waals surface area contributed by atoms with Crippen molar-refractivity contribution in [2.75, 3.05) is 6.61 Å². The smallest absolute Gasteiger partial charge is 0.310 e. The number of hydrazine groups is 1. The summed E-state index contributed by atoms with van der Waals surface area (Å²) in [6, 6.07) is 10.5. The van der Waals surface area contributed by atoms with E-state index in [0.717, 1.165) is 6.07 Å². The molecule has 0 spiro atoms. The van der Waals surface area contributed by atoms with Gasteiger partial charge in [-0.15, -0.1) is 0 Å². The van der Waals surface area contributed by atoms with Crippen molar-refractivity contribution >= 4 is 17.8 Å². The van der Waals surface area contributed by atoms with Crippen LogP contribution < -0.4 is 10.9 Å². The van der Waals surface area contributed by atoms with E-state index >= 15 is 0 Å². The Balaban J connectivity index is 1.73. The van der Waals surface area contributed by atoms with Crippen LogP contribution in [0.25, 0.3) is 0 Å². The summed E-state index contributed by atoms with van der Waals surface area (Å²) in [5.74, 6) is -3.49. The van der Waals surface area contributed by atoms with Crippen molar-refractivity contribution < 1.29 is 27.9 Å². The lowest BCUT2D eigenvalue weighted by molar-refractivity contribution is -0.148. The van der Waals surface area contributed by atoms with Crippen molar-refractivity contribution in [3.63, 3.8) is 0 Å². The Hall–Kier alpha value is -3.29. The highest BCUT2D eigenvalue weighted by Gasteiger charge is 2.13. The van der Waals surface area contributed by atoms with E-state index in [-0.39, 0.29) is 12.0 Å². The fourth-order valence-electron chi connectivity index (χ4n) is 1.84. The summed E-state index contributed by atoms with van der Waals surface area (Å²) in [6.07, 6.45) is -0.130. The first kappa shape index (κ1) is 18.1. The van der Waals surface area contributed by atoms with Crippen molar-refractivity contribution in [3.05, 3.63) is 71.3 Å². The van der Waals surface area contributed by atoms with Crippen LogP contribution in [0, 0.1) is 11.6 Å². The predicted molar refractivity (Wildman–Crippen MR) is 83.1 cm³/mol. The van der Waals surface area contributed by atoms with Crippen molar-refractivity contribution in [1.82, 2.24) is 10.9 Å². The molecule has 0 aliphatic rings. The number of halogens is 2. The number of nitrogens with one attached hydrogen (secondary N) is 2. The van der Waals surface area contributed by atoms with Crippen molar-refractivity contribution in [1.29, 1.82) is 0 Å². The van der Waals surface area contributed by atoms with Crippen molar-refractivity contribution in [2.45, 2.75) is 6.42 Å². The maximum atomic E-state index is 13.4. The molecule has 2 aromatic carbocycles. The second-order valence-corrected chi connectivity index (χ2v) is 4.95. The summed E-state index contributed by atoms with van der Waals surface area (Å²) in [6.45, 7) is -0.627. The Morgan fingerprint density at radius 2 is 1.60 bits per heavy atom. The Morgan fingerprint density at radius 3 is 2.28 bits per heavy atom. The molecule has 0 saturated carbocycles. The van der Waals surface area contributed by atoms with Gasteiger partial charge < -0.3 is 4.74 Å². The van der Waals surface area contributed by atoms with Gasteiger partial charge in [-0.3, -0.25) is 25.2 Å². The molecule has 0 radical (unpaired) electrons. The van der Waals surface area contributed by atoms with E-state index in [9.17, 15) is 23.2 Å². The van der Waals surface area contributed by atoms with Gasteiger partial charge in [-0.1, -0.05) is 24.3 Å². The first-order valence-corrected chi connectivity index (χ1v) is 7.19. The lowest BCUT2D eigenvalue weighted by Gasteiger charge is -2.08. The van der Waals surface area contributed by atoms with Gasteiger partial charge in [0.2, 0.25) is 0 Å². The standard InChI is InChI=1S/C17H14F2N2O4/c18-12-7-5-11(6-8-12)9-16(23)25-10-15(22)20-21-17(24)13-3-1-2-4-14(13)19/h1-8H,9-10H2,(H,20,22)(H,21,24). The minimum absolute atomic E-state index is 0.130. The van der Waals surface area contributed by atoms with Crippen LogP contribution >= 0.6 is 0 Å². The average molecular weight is 348 g/mol. The van der Waals surface area contributed by atoms with Crippen LogP contribution in [0.4, 0.5) is 8.78 Å². The first-order chi connectivity index (χ1) is 12.0. The largest absolute Gasteiger partial charge is 0.455 e. The molecular formula is C17H14F2N2O4. The SMILES string of the molecule is O=C(COC(=O)Cc1ccc(F)cc1)NNC(=O)c1ccccc1F. The Bertz CT molecular complexity index is 778. The van der Waals surface area contributed by atoms with Crippen molar-refractivity contribution in [2.24, 2.45) is 0 Å². The quantitative estimate of drug-likeness (QED) is 0.634. The van der Waals surface area contributed by atoms with Crippen LogP contribution in [0.5, 0.6) is 0 Å². The number of benzene rings is 2. The van der Waals surface area contributed by atoms with Crippen LogP contribution in [0.3, 0.4) is 0 Å². The van der Waals surface area contributed by atoms with Gasteiger partial charge in [0, 0.05) is 0 Å². The van der Waals surface area contributed by atoms with Gasteiger partial charge in [0.05, 0.1) is 12.0 Å². The third-order valence-corrected chi connectivity index (χ3v) is 3.06. The number of amides is 2. The Labute approximate surface area is 141 Å². The highest BCUT2D eigenvalue weighted by Crippen LogP contribution is 2.05. The van der Waals surface area contributed by atoms with Crippen LogP contribution in [0.15, 0.2) is 48.5 Å². The molecule has 25 heavy (non-hydrogen) atoms. The molecule has 6 nitrogen and oxygen atoms in total. The molecule has 0 aromatic heterocycles. The molecule has 0 aliphatic carbocycles. The van der Waals surface area contributed by atoms with Gasteiger partial charge in [-0.25, -0.2) is 8.78 Å². The van der Waals surface area contributed by atoms with Gasteiger partial charge in [-0.2, -0.15) is 0 Å². The van der Waals surface area contributed by atoms with Gasteiger partial charge in [-0.05, 0) is 29.8 Å². The monoisotopic (exact) mass is 348 g/mol. The minimum atomic E-state index is -0.843. The van der Waals surface area contributed by atoms with Gasteiger partial charge in [0.25, 0.3) is 11.8 Å². The molecule has 0 atom stereocenters. The van der Waals surface area contributed by atoms with Crippen LogP contribution in [0.1, 0.15) is 15.9 Å². The number of esters is 1. The first-order valence-electron chi connectivity index (χ1n) is 7.19. The normalized spacial score (nSPS) is 10.0. The van der Waals surface area contributed by atoms with Gasteiger partial charge in [0.15, 0.2) is 6.61 Å². The average Bonchev–Trinajstić information content (AvgIpc) is 2.60. The van der Waals surface area contributed by atoms with E-state index in [4.69, 9.17) is 4.74 Å². The zero-order valence-corrected chi connectivity index (χ0v) is 12.9. The second kappa shape index (κ2) is 8.53. The molecule has 130 valence electrons. The van der Waals surface area contributed by atoms with E-state index < -0.39 is 36.0 Å². The van der Waals surface area contributed by atoms with Crippen molar-refractivity contribution in [3.8, 4) is 0 Å². The Kier molecular flexibility index (Phi) is 6.16. The predicted octanol–water partition coefficient (Wildman–Crippen LogP) is 1.51. The third kappa shape index (κ3) is 5.69. The molecule has 2 N–H and O–H groups in total. The summed E-state index contributed by atoms with van der Waals surface area (Å²) < 4.78 is 30.9. The summed E-state index contributed by atoms with van der Waals surface area (Å²) >= 11 is 0. The maximum Gasteiger partial charge on any atom is 0.310 e. The van der Waals surface area contributed by atoms with E-state index in [0.29, 0.717) is 5.56 Å². The molecule has 2 aromatic rings. The summed E-state index contributed by atoms with van der Waals surface area (Å²) in [5.41, 5.74) is 4.30. The molecule has 0 fully saturated rings. The van der Waals surface area contributed by atoms with Crippen LogP contribution in [0.2, 0.25) is 0 Å². The van der Waals surface area contributed by atoms with Gasteiger partial charge >= 0.3 is 5.97 Å². The molecule has 2 rings (SSSR count). The maximum absolute atomic E-state index is 13.4. The molecule has 0 aliphatic heterocycles. The molecule has 0 unspecified atom stereocenters. The minimum Gasteiger partial charge on any atom is -0.455 e. The number of carbonyl (C=O) groups excluding carboxylic acids is 3. The lowest BCUT2D eigenvalue weighted by atomic mass is 10.1. The number of hydrogen-bond acceptors (Lipinski definition) is 4. The lowest BCUT2D eigenvalue weighted by Crippen LogP contribution is -2.43. The molecule has 0 bridgehead atoms. The highest BCUT2D eigenvalue weighted by molar-refractivity contribution is 5.95. The van der Waals surface area contributed by atoms with E-state index in [1.807, 2.05) is 10.9 Å². The molecule has 0 saturated heterocycles. The summed E-state index contributed by atoms with van der Waals surface area (Å²) in [5, 5.41) is 0.